The summed E-state index contributed by atoms with van der Waals surface area (Å²) in [5.41, 5.74) is 3.42. The first-order valence-electron chi connectivity index (χ1n) is 15.1. The van der Waals surface area contributed by atoms with Gasteiger partial charge in [-0.15, -0.1) is 0 Å². The molecule has 0 saturated carbocycles. The second-order valence-corrected chi connectivity index (χ2v) is 11.7. The number of esters is 2. The van der Waals surface area contributed by atoms with Crippen molar-refractivity contribution in [2.24, 2.45) is 17.8 Å². The van der Waals surface area contributed by atoms with Gasteiger partial charge in [-0.3, -0.25) is 14.4 Å². The van der Waals surface area contributed by atoms with Gasteiger partial charge in [0.15, 0.2) is 0 Å². The van der Waals surface area contributed by atoms with Crippen LogP contribution in [-0.4, -0.2) is 24.5 Å². The van der Waals surface area contributed by atoms with Crippen molar-refractivity contribution in [1.29, 1.82) is 0 Å². The van der Waals surface area contributed by atoms with Crippen LogP contribution in [-0.2, 0) is 30.3 Å². The molecular formula is C36H37F2NO5. The Morgan fingerprint density at radius 2 is 1.57 bits per heavy atom. The van der Waals surface area contributed by atoms with E-state index in [0.717, 1.165) is 24.8 Å². The van der Waals surface area contributed by atoms with Crippen LogP contribution in [0.3, 0.4) is 0 Å². The Morgan fingerprint density at radius 3 is 2.20 bits per heavy atom. The lowest BCUT2D eigenvalue weighted by Crippen LogP contribution is -2.55. The second kappa shape index (κ2) is 14.0. The number of rotatable bonds is 11. The fraction of sp³-hybridized carbons (Fsp3) is 0.361. The van der Waals surface area contributed by atoms with Crippen LogP contribution >= 0.6 is 0 Å². The van der Waals surface area contributed by atoms with Gasteiger partial charge in [0, 0.05) is 25.5 Å². The van der Waals surface area contributed by atoms with Gasteiger partial charge in [0.05, 0.1) is 18.6 Å². The van der Waals surface area contributed by atoms with Gasteiger partial charge in [-0.2, -0.15) is 0 Å². The molecule has 1 aliphatic carbocycles. The summed E-state index contributed by atoms with van der Waals surface area (Å²) in [5, 5.41) is 0. The Bertz CT molecular complexity index is 1490. The van der Waals surface area contributed by atoms with Crippen LogP contribution in [0.25, 0.3) is 0 Å². The molecule has 3 aromatic carbocycles. The number of hydrogen-bond acceptors (Lipinski definition) is 5. The predicted octanol–water partition coefficient (Wildman–Crippen LogP) is 7.44. The number of nitrogens with zero attached hydrogens (tertiary/aromatic N) is 1. The average molecular weight is 602 g/mol. The number of carbonyl (C=O) groups is 3. The van der Waals surface area contributed by atoms with Crippen LogP contribution in [0.5, 0.6) is 0 Å². The number of benzene rings is 3. The van der Waals surface area contributed by atoms with Crippen LogP contribution in [0.1, 0.15) is 68.4 Å². The predicted molar refractivity (Wildman–Crippen MR) is 162 cm³/mol. The van der Waals surface area contributed by atoms with Gasteiger partial charge in [-0.1, -0.05) is 48.6 Å². The molecular weight excluding hydrogens is 564 g/mol. The van der Waals surface area contributed by atoms with E-state index in [2.05, 4.69) is 36.4 Å². The van der Waals surface area contributed by atoms with Gasteiger partial charge >= 0.3 is 11.9 Å². The molecule has 3 aromatic rings. The lowest BCUT2D eigenvalue weighted by Gasteiger charge is -2.48. The van der Waals surface area contributed by atoms with Gasteiger partial charge in [0.2, 0.25) is 5.91 Å². The summed E-state index contributed by atoms with van der Waals surface area (Å²) in [6.45, 7) is 3.15. The Hall–Kier alpha value is -4.33. The Labute approximate surface area is 256 Å². The van der Waals surface area contributed by atoms with Gasteiger partial charge in [0.25, 0.3) is 0 Å². The number of hydrogen-bond donors (Lipinski definition) is 0. The van der Waals surface area contributed by atoms with E-state index < -0.39 is 12.1 Å². The van der Waals surface area contributed by atoms with Crippen LogP contribution in [0.4, 0.5) is 14.5 Å². The van der Waals surface area contributed by atoms with E-state index in [1.165, 1.54) is 43.7 Å². The molecule has 0 spiro atoms. The molecule has 1 amide bonds. The van der Waals surface area contributed by atoms with Crippen LogP contribution in [0.2, 0.25) is 0 Å². The SMILES string of the molecule is CC(=O)OC[C@@H]1C=CC[C@H](Cc2ccc([C@H]3[C@H](CC[C@H](OC(C)=O)c4ccc(F)cc4)C(=O)N3c3ccc(F)cc3)cc2)C1. The number of halogens is 2. The summed E-state index contributed by atoms with van der Waals surface area (Å²) in [6, 6.07) is 19.7. The molecule has 0 bridgehead atoms. The van der Waals surface area contributed by atoms with E-state index in [4.69, 9.17) is 9.47 Å². The number of carbonyl (C=O) groups excluding carboxylic acids is 3. The van der Waals surface area contributed by atoms with E-state index in [-0.39, 0.29) is 41.4 Å². The van der Waals surface area contributed by atoms with Crippen molar-refractivity contribution < 1.29 is 32.6 Å². The fourth-order valence-electron chi connectivity index (χ4n) is 6.37. The van der Waals surface area contributed by atoms with Crippen LogP contribution < -0.4 is 4.90 Å². The third kappa shape index (κ3) is 7.59. The van der Waals surface area contributed by atoms with E-state index in [0.29, 0.717) is 36.6 Å². The van der Waals surface area contributed by atoms with Gasteiger partial charge in [-0.25, -0.2) is 8.78 Å². The summed E-state index contributed by atoms with van der Waals surface area (Å²) in [6.07, 6.45) is 7.30. The lowest BCUT2D eigenvalue weighted by atomic mass is 9.77. The number of allylic oxidation sites excluding steroid dienone is 1. The molecule has 0 unspecified atom stereocenters. The molecule has 0 N–H and O–H groups in total. The van der Waals surface area contributed by atoms with Crippen molar-refractivity contribution in [2.75, 3.05) is 11.5 Å². The van der Waals surface area contributed by atoms with Crippen molar-refractivity contribution in [1.82, 2.24) is 0 Å². The quantitative estimate of drug-likeness (QED) is 0.130. The zero-order chi connectivity index (χ0) is 31.2. The molecule has 230 valence electrons. The molecule has 1 saturated heterocycles. The van der Waals surface area contributed by atoms with Gasteiger partial charge < -0.3 is 14.4 Å². The van der Waals surface area contributed by atoms with E-state index in [9.17, 15) is 23.2 Å². The normalized spacial score (nSPS) is 21.8. The first-order chi connectivity index (χ1) is 21.2. The maximum Gasteiger partial charge on any atom is 0.303 e. The molecule has 1 fully saturated rings. The van der Waals surface area contributed by atoms with Crippen LogP contribution in [0, 0.1) is 29.4 Å². The smallest absolute Gasteiger partial charge is 0.303 e. The molecule has 8 heteroatoms. The first-order valence-corrected chi connectivity index (χ1v) is 15.1. The molecule has 2 aliphatic rings. The maximum absolute atomic E-state index is 13.7. The fourth-order valence-corrected chi connectivity index (χ4v) is 6.37. The summed E-state index contributed by atoms with van der Waals surface area (Å²) in [4.78, 5) is 38.3. The first kappa shape index (κ1) is 31.1. The third-order valence-corrected chi connectivity index (χ3v) is 8.47. The molecule has 0 radical (unpaired) electrons. The Morgan fingerprint density at radius 1 is 0.909 bits per heavy atom. The molecule has 44 heavy (non-hydrogen) atoms. The molecule has 0 aromatic heterocycles. The van der Waals surface area contributed by atoms with Crippen molar-refractivity contribution >= 4 is 23.5 Å². The van der Waals surface area contributed by atoms with E-state index >= 15 is 0 Å². The highest BCUT2D eigenvalue weighted by Crippen LogP contribution is 2.46. The highest BCUT2D eigenvalue weighted by atomic mass is 19.1. The summed E-state index contributed by atoms with van der Waals surface area (Å²) >= 11 is 0. The van der Waals surface area contributed by atoms with Crippen molar-refractivity contribution in [2.45, 2.75) is 58.1 Å². The van der Waals surface area contributed by atoms with Gasteiger partial charge in [-0.05, 0) is 91.1 Å². The number of amides is 1. The maximum atomic E-state index is 13.7. The molecule has 1 heterocycles. The zero-order valence-electron chi connectivity index (χ0n) is 25.0. The lowest BCUT2D eigenvalue weighted by molar-refractivity contribution is -0.147. The molecule has 1 aliphatic heterocycles. The van der Waals surface area contributed by atoms with Gasteiger partial charge in [0.1, 0.15) is 17.7 Å². The van der Waals surface area contributed by atoms with Crippen molar-refractivity contribution in [3.05, 3.63) is 113 Å². The average Bonchev–Trinajstić information content (AvgIpc) is 3.00. The Balaban J connectivity index is 1.32. The van der Waals surface area contributed by atoms with Crippen molar-refractivity contribution in [3.8, 4) is 0 Å². The summed E-state index contributed by atoms with van der Waals surface area (Å²) in [7, 11) is 0. The minimum Gasteiger partial charge on any atom is -0.465 e. The molecule has 5 atom stereocenters. The van der Waals surface area contributed by atoms with E-state index in [1.807, 2.05) is 0 Å². The zero-order valence-corrected chi connectivity index (χ0v) is 25.0. The molecule has 6 nitrogen and oxygen atoms in total. The number of anilines is 1. The molecule has 5 rings (SSSR count). The Kier molecular flexibility index (Phi) is 9.88. The minimum absolute atomic E-state index is 0.0841. The monoisotopic (exact) mass is 601 g/mol. The van der Waals surface area contributed by atoms with E-state index in [1.54, 1.807) is 29.2 Å². The topological polar surface area (TPSA) is 72.9 Å². The van der Waals surface area contributed by atoms with Crippen molar-refractivity contribution in [3.63, 3.8) is 0 Å². The highest BCUT2D eigenvalue weighted by molar-refractivity contribution is 6.03. The second-order valence-electron chi connectivity index (χ2n) is 11.7. The minimum atomic E-state index is -0.613. The third-order valence-electron chi connectivity index (χ3n) is 8.47. The highest BCUT2D eigenvalue weighted by Gasteiger charge is 2.48. The summed E-state index contributed by atoms with van der Waals surface area (Å²) in [5.74, 6) is -1.30. The summed E-state index contributed by atoms with van der Waals surface area (Å²) < 4.78 is 38.0. The standard InChI is InChI=1S/C36H37F2NO5/c1-23(40)43-22-27-5-3-4-26(21-27)20-25-6-8-29(9-7-25)35-33(36(42)39(35)32-16-14-31(38)15-17-32)18-19-34(44-24(2)41)28-10-12-30(37)13-11-28/h3,5-17,26-27,33-35H,4,18-22H2,1-2H3/t26-,27-,33+,34+,35+/m1/s1. The van der Waals surface area contributed by atoms with Crippen LogP contribution in [0.15, 0.2) is 84.9 Å². The number of β-lactam (4-membered cyclic amide) rings is 1. The number of ether oxygens (including phenoxy) is 2. The largest absolute Gasteiger partial charge is 0.465 e.